The van der Waals surface area contributed by atoms with Crippen LogP contribution < -0.4 is 0 Å². The lowest BCUT2D eigenvalue weighted by molar-refractivity contribution is -0.112. The van der Waals surface area contributed by atoms with Crippen LogP contribution in [0, 0.1) is 18.8 Å². The van der Waals surface area contributed by atoms with Crippen LogP contribution >= 0.6 is 0 Å². The van der Waals surface area contributed by atoms with Gasteiger partial charge in [-0.1, -0.05) is 45.9 Å². The minimum atomic E-state index is -0.0134. The van der Waals surface area contributed by atoms with Crippen molar-refractivity contribution in [1.82, 2.24) is 9.80 Å². The van der Waals surface area contributed by atoms with E-state index >= 15 is 0 Å². The summed E-state index contributed by atoms with van der Waals surface area (Å²) >= 11 is 0. The van der Waals surface area contributed by atoms with Crippen molar-refractivity contribution in [3.8, 4) is 0 Å². The first-order chi connectivity index (χ1) is 18.5. The van der Waals surface area contributed by atoms with Crippen LogP contribution in [0.25, 0.3) is 5.70 Å². The minimum Gasteiger partial charge on any atom is -0.372 e. The van der Waals surface area contributed by atoms with E-state index in [2.05, 4.69) is 109 Å². The highest BCUT2D eigenvalue weighted by atomic mass is 16.1. The van der Waals surface area contributed by atoms with Crippen LogP contribution in [0.5, 0.6) is 0 Å². The number of carbonyl (C=O) groups is 1. The smallest absolute Gasteiger partial charge is 0.154 e. The predicted octanol–water partition coefficient (Wildman–Crippen LogP) is 8.04. The summed E-state index contributed by atoms with van der Waals surface area (Å²) in [6.07, 6.45) is 12.6. The third kappa shape index (κ3) is 9.72. The van der Waals surface area contributed by atoms with Gasteiger partial charge in [0.2, 0.25) is 0 Å². The molecule has 1 heterocycles. The molecule has 1 aliphatic rings. The Balaban J connectivity index is 2.46. The number of carbonyl (C=O) groups excluding carboxylic acids is 1. The summed E-state index contributed by atoms with van der Waals surface area (Å²) in [5.74, 6) is 0.667. The van der Waals surface area contributed by atoms with Gasteiger partial charge in [-0.3, -0.25) is 14.8 Å². The molecule has 39 heavy (non-hydrogen) atoms. The Morgan fingerprint density at radius 3 is 2.26 bits per heavy atom. The first-order valence-electron chi connectivity index (χ1n) is 14.7. The van der Waals surface area contributed by atoms with E-state index in [4.69, 9.17) is 9.98 Å². The molecule has 2 unspecified atom stereocenters. The molecule has 0 saturated carbocycles. The van der Waals surface area contributed by atoms with Crippen LogP contribution in [0.2, 0.25) is 0 Å². The number of ketones is 1. The molecule has 1 saturated heterocycles. The Morgan fingerprint density at radius 1 is 1.08 bits per heavy atom. The molecule has 2 atom stereocenters. The molecule has 1 aliphatic heterocycles. The zero-order valence-electron chi connectivity index (χ0n) is 26.2. The van der Waals surface area contributed by atoms with Gasteiger partial charge in [0.15, 0.2) is 5.78 Å². The summed E-state index contributed by atoms with van der Waals surface area (Å²) in [4.78, 5) is 27.2. The Labute approximate surface area is 238 Å². The van der Waals surface area contributed by atoms with E-state index in [0.29, 0.717) is 17.7 Å². The molecule has 5 nitrogen and oxygen atoms in total. The molecule has 0 radical (unpaired) electrons. The monoisotopic (exact) mass is 532 g/mol. The maximum Gasteiger partial charge on any atom is 0.154 e. The van der Waals surface area contributed by atoms with E-state index in [0.717, 1.165) is 54.2 Å². The topological polar surface area (TPSA) is 48.3 Å². The van der Waals surface area contributed by atoms with E-state index in [1.165, 1.54) is 18.5 Å². The summed E-state index contributed by atoms with van der Waals surface area (Å²) < 4.78 is 0. The molecule has 1 fully saturated rings. The fourth-order valence-corrected chi connectivity index (χ4v) is 4.71. The lowest BCUT2D eigenvalue weighted by Gasteiger charge is -2.37. The maximum atomic E-state index is 12.3. The van der Waals surface area contributed by atoms with Crippen molar-refractivity contribution in [2.24, 2.45) is 21.8 Å². The van der Waals surface area contributed by atoms with Gasteiger partial charge < -0.3 is 9.80 Å². The van der Waals surface area contributed by atoms with Crippen LogP contribution in [-0.4, -0.2) is 60.2 Å². The number of aryl methyl sites for hydroxylation is 1. The molecule has 2 rings (SSSR count). The summed E-state index contributed by atoms with van der Waals surface area (Å²) in [6, 6.07) is 6.85. The Bertz CT molecular complexity index is 1110. The third-order valence-electron chi connectivity index (χ3n) is 8.11. The molecule has 0 amide bonds. The van der Waals surface area contributed by atoms with Crippen LogP contribution in [0.4, 0.5) is 5.69 Å². The number of benzene rings is 1. The van der Waals surface area contributed by atoms with Gasteiger partial charge in [-0.2, -0.15) is 0 Å². The third-order valence-corrected chi connectivity index (χ3v) is 8.11. The van der Waals surface area contributed by atoms with Crippen molar-refractivity contribution in [2.75, 3.05) is 27.2 Å². The number of allylic oxidation sites excluding steroid dienone is 4. The van der Waals surface area contributed by atoms with E-state index in [-0.39, 0.29) is 11.7 Å². The second-order valence-corrected chi connectivity index (χ2v) is 11.3. The number of likely N-dealkylation sites (tertiary alicyclic amines) is 1. The highest BCUT2D eigenvalue weighted by Gasteiger charge is 2.21. The zero-order valence-corrected chi connectivity index (χ0v) is 26.2. The molecule has 0 bridgehead atoms. The van der Waals surface area contributed by atoms with E-state index in [1.807, 2.05) is 0 Å². The minimum absolute atomic E-state index is 0.0134. The van der Waals surface area contributed by atoms with E-state index < -0.39 is 0 Å². The lowest BCUT2D eigenvalue weighted by Crippen LogP contribution is -2.41. The van der Waals surface area contributed by atoms with Gasteiger partial charge in [0.1, 0.15) is 0 Å². The van der Waals surface area contributed by atoms with E-state index in [1.54, 1.807) is 13.0 Å². The fraction of sp³-hybridized carbons (Fsp3) is 0.559. The van der Waals surface area contributed by atoms with Crippen LogP contribution in [0.15, 0.2) is 58.2 Å². The lowest BCUT2D eigenvalue weighted by atomic mass is 10.00. The highest BCUT2D eigenvalue weighted by Crippen LogP contribution is 2.28. The van der Waals surface area contributed by atoms with Gasteiger partial charge in [-0.05, 0) is 103 Å². The highest BCUT2D eigenvalue weighted by molar-refractivity contribution is 6.03. The zero-order chi connectivity index (χ0) is 29.1. The SMILES string of the molecule is C\C=C(/C=C\C(=N\C(=C/C(C)=O)c1ccc(C)c(N=C(C)C(C)CC)c1)C(C)CC)N1CCC(N(C)C)CC1. The molecule has 1 aromatic carbocycles. The molecule has 0 aromatic heterocycles. The largest absolute Gasteiger partial charge is 0.372 e. The predicted molar refractivity (Wildman–Crippen MR) is 170 cm³/mol. The number of nitrogens with zero attached hydrogens (tertiary/aromatic N) is 4. The second kappa shape index (κ2) is 15.7. The van der Waals surface area contributed by atoms with E-state index in [9.17, 15) is 4.79 Å². The average Bonchev–Trinajstić information content (AvgIpc) is 2.92. The van der Waals surface area contributed by atoms with Crippen molar-refractivity contribution in [3.63, 3.8) is 0 Å². The number of piperidine rings is 1. The Morgan fingerprint density at radius 2 is 1.72 bits per heavy atom. The van der Waals surface area contributed by atoms with Crippen molar-refractivity contribution in [2.45, 2.75) is 87.1 Å². The fourth-order valence-electron chi connectivity index (χ4n) is 4.71. The number of aliphatic imine (C=N–C) groups is 2. The summed E-state index contributed by atoms with van der Waals surface area (Å²) in [5, 5.41) is 0. The van der Waals surface area contributed by atoms with Crippen molar-refractivity contribution in [3.05, 3.63) is 59.3 Å². The molecular weight excluding hydrogens is 480 g/mol. The first kappa shape index (κ1) is 32.4. The number of hydrogen-bond acceptors (Lipinski definition) is 5. The normalized spacial score (nSPS) is 18.3. The van der Waals surface area contributed by atoms with Gasteiger partial charge in [-0.25, -0.2) is 0 Å². The molecule has 1 aromatic rings. The molecule has 214 valence electrons. The quantitative estimate of drug-likeness (QED) is 0.155. The molecule has 5 heteroatoms. The maximum absolute atomic E-state index is 12.3. The average molecular weight is 533 g/mol. The van der Waals surface area contributed by atoms with Crippen molar-refractivity contribution in [1.29, 1.82) is 0 Å². The standard InChI is InChI=1S/C34H52N4O/c1-11-24(4)28(8)35-33-23-29(15-14-26(33)6)34(22-27(7)39)36-32(25(5)12-2)17-16-30(13-3)38-20-18-31(19-21-38)37(9)10/h13-17,22-25,31H,11-12,18-21H2,1-10H3/b17-16-,30-13+,34-22-,35-28?,36-32-. The van der Waals surface area contributed by atoms with Crippen molar-refractivity contribution < 1.29 is 4.79 Å². The summed E-state index contributed by atoms with van der Waals surface area (Å²) in [6.45, 7) is 18.8. The number of hydrogen-bond donors (Lipinski definition) is 0. The first-order valence-corrected chi connectivity index (χ1v) is 14.7. The Kier molecular flexibility index (Phi) is 13.1. The number of rotatable bonds is 12. The van der Waals surface area contributed by atoms with Gasteiger partial charge in [0.05, 0.1) is 11.4 Å². The molecular formula is C34H52N4O. The molecule has 0 N–H and O–H groups in total. The summed E-state index contributed by atoms with van der Waals surface area (Å²) in [7, 11) is 4.35. The van der Waals surface area contributed by atoms with Crippen LogP contribution in [0.1, 0.15) is 85.3 Å². The van der Waals surface area contributed by atoms with Gasteiger partial charge in [-0.15, -0.1) is 0 Å². The summed E-state index contributed by atoms with van der Waals surface area (Å²) in [5.41, 5.74) is 6.99. The molecule has 0 aliphatic carbocycles. The van der Waals surface area contributed by atoms with Crippen LogP contribution in [-0.2, 0) is 4.79 Å². The van der Waals surface area contributed by atoms with Crippen molar-refractivity contribution >= 4 is 28.6 Å². The molecule has 0 spiro atoms. The van der Waals surface area contributed by atoms with Gasteiger partial charge in [0, 0.05) is 47.9 Å². The van der Waals surface area contributed by atoms with Gasteiger partial charge >= 0.3 is 0 Å². The second-order valence-electron chi connectivity index (χ2n) is 11.3. The Hall–Kier alpha value is -2.79. The van der Waals surface area contributed by atoms with Crippen LogP contribution in [0.3, 0.4) is 0 Å². The van der Waals surface area contributed by atoms with Gasteiger partial charge in [0.25, 0.3) is 0 Å².